The zero-order valence-corrected chi connectivity index (χ0v) is 15.6. The highest BCUT2D eigenvalue weighted by Gasteiger charge is 2.40. The number of hydrogen-bond donors (Lipinski definition) is 1. The molecule has 28 heavy (non-hydrogen) atoms. The lowest BCUT2D eigenvalue weighted by molar-refractivity contribution is -0.933. The summed E-state index contributed by atoms with van der Waals surface area (Å²) in [5.74, 6) is -0.474. The van der Waals surface area contributed by atoms with Gasteiger partial charge in [-0.05, 0) is 6.07 Å². The molecule has 0 aromatic heterocycles. The van der Waals surface area contributed by atoms with E-state index < -0.39 is 0 Å². The van der Waals surface area contributed by atoms with Gasteiger partial charge in [0.2, 0.25) is 0 Å². The fourth-order valence-electron chi connectivity index (χ4n) is 4.71. The Balaban J connectivity index is 1.43. The second kappa shape index (κ2) is 6.36. The number of carbonyl (C=O) groups excluding carboxylic acids is 3. The molecule has 2 aromatic carbocycles. The molecule has 3 heterocycles. The summed E-state index contributed by atoms with van der Waals surface area (Å²) in [6.07, 6.45) is 0. The summed E-state index contributed by atoms with van der Waals surface area (Å²) in [7, 11) is 0. The molecule has 3 fully saturated rings. The van der Waals surface area contributed by atoms with Gasteiger partial charge in [-0.15, -0.1) is 0 Å². The average molecular weight is 376 g/mol. The zero-order valence-electron chi connectivity index (χ0n) is 15.6. The summed E-state index contributed by atoms with van der Waals surface area (Å²) >= 11 is 0. The van der Waals surface area contributed by atoms with Gasteiger partial charge in [0, 0.05) is 36.3 Å². The highest BCUT2D eigenvalue weighted by Crippen LogP contribution is 2.32. The predicted molar refractivity (Wildman–Crippen MR) is 105 cm³/mol. The first kappa shape index (κ1) is 17.3. The van der Waals surface area contributed by atoms with Crippen molar-refractivity contribution in [1.29, 1.82) is 0 Å². The van der Waals surface area contributed by atoms with Gasteiger partial charge in [-0.1, -0.05) is 36.4 Å². The van der Waals surface area contributed by atoms with Crippen molar-refractivity contribution < 1.29 is 18.9 Å². The van der Waals surface area contributed by atoms with Gasteiger partial charge < -0.3 is 9.80 Å². The number of fused-ring (bicyclic) bond motifs is 5. The molecule has 1 amide bonds. The molecule has 1 N–H and O–H groups in total. The van der Waals surface area contributed by atoms with Crippen LogP contribution in [0.5, 0.6) is 0 Å². The van der Waals surface area contributed by atoms with Crippen LogP contribution < -0.4 is 5.32 Å². The largest absolute Gasteiger partial charge is 0.320 e. The van der Waals surface area contributed by atoms with Crippen molar-refractivity contribution in [2.75, 3.05) is 51.1 Å². The fraction of sp³-hybridized carbons (Fsp3) is 0.318. The highest BCUT2D eigenvalue weighted by atomic mass is 16.2. The van der Waals surface area contributed by atoms with Crippen LogP contribution in [-0.2, 0) is 4.79 Å². The van der Waals surface area contributed by atoms with Gasteiger partial charge in [0.25, 0.3) is 5.91 Å². The van der Waals surface area contributed by atoms with Crippen LogP contribution in [0.4, 0.5) is 5.69 Å². The number of amides is 1. The number of nitrogens with zero attached hydrogens (tertiary/aromatic N) is 2. The van der Waals surface area contributed by atoms with Gasteiger partial charge in [-0.2, -0.15) is 0 Å². The molecule has 6 heteroatoms. The van der Waals surface area contributed by atoms with Crippen molar-refractivity contribution in [3.05, 3.63) is 64.7 Å². The molecule has 2 bridgehead atoms. The molecular formula is C22H22N3O3+. The smallest absolute Gasteiger partial charge is 0.279 e. The third-order valence-corrected chi connectivity index (χ3v) is 6.38. The Morgan fingerprint density at radius 1 is 0.857 bits per heavy atom. The monoisotopic (exact) mass is 376 g/mol. The minimum Gasteiger partial charge on any atom is -0.320 e. The third kappa shape index (κ3) is 2.68. The molecule has 6 rings (SSSR count). The van der Waals surface area contributed by atoms with Crippen LogP contribution >= 0.6 is 0 Å². The van der Waals surface area contributed by atoms with Crippen molar-refractivity contribution >= 4 is 23.2 Å². The maximum atomic E-state index is 13.1. The second-order valence-electron chi connectivity index (χ2n) is 7.99. The summed E-state index contributed by atoms with van der Waals surface area (Å²) in [4.78, 5) is 41.2. The predicted octanol–water partition coefficient (Wildman–Crippen LogP) is 1.55. The number of nitrogens with one attached hydrogen (secondary N) is 1. The molecule has 0 spiro atoms. The number of hydrogen-bond acceptors (Lipinski definition) is 4. The number of anilines is 1. The Hall–Kier alpha value is -2.83. The van der Waals surface area contributed by atoms with Crippen molar-refractivity contribution in [1.82, 2.24) is 4.90 Å². The number of ketones is 2. The lowest BCUT2D eigenvalue weighted by atomic mass is 9.83. The van der Waals surface area contributed by atoms with Crippen LogP contribution in [0.1, 0.15) is 31.8 Å². The van der Waals surface area contributed by atoms with Crippen molar-refractivity contribution in [2.24, 2.45) is 0 Å². The van der Waals surface area contributed by atoms with Crippen molar-refractivity contribution in [3.8, 4) is 0 Å². The Morgan fingerprint density at radius 2 is 1.46 bits per heavy atom. The summed E-state index contributed by atoms with van der Waals surface area (Å²) in [6, 6.07) is 11.9. The Bertz CT molecular complexity index is 992. The van der Waals surface area contributed by atoms with E-state index in [1.165, 1.54) is 0 Å². The van der Waals surface area contributed by atoms with E-state index in [0.717, 1.165) is 43.8 Å². The van der Waals surface area contributed by atoms with Crippen LogP contribution in [0, 0.1) is 0 Å². The SMILES string of the molecule is O=C(C[N+]12CCN(CC1)CC2)Nc1cccc2c1C(=O)c1ccccc1C2=O. The number of quaternary nitrogens is 1. The molecule has 2 aromatic rings. The summed E-state index contributed by atoms with van der Waals surface area (Å²) in [5, 5.41) is 2.93. The first-order valence-electron chi connectivity index (χ1n) is 9.75. The lowest BCUT2D eigenvalue weighted by Crippen LogP contribution is -2.68. The number of rotatable bonds is 3. The van der Waals surface area contributed by atoms with Gasteiger partial charge in [0.1, 0.15) is 0 Å². The summed E-state index contributed by atoms with van der Waals surface area (Å²) < 4.78 is 0.813. The maximum absolute atomic E-state index is 13.1. The molecule has 3 aliphatic heterocycles. The van der Waals surface area contributed by atoms with E-state index in [2.05, 4.69) is 10.2 Å². The Morgan fingerprint density at radius 3 is 2.14 bits per heavy atom. The van der Waals surface area contributed by atoms with Gasteiger partial charge in [-0.3, -0.25) is 19.3 Å². The third-order valence-electron chi connectivity index (χ3n) is 6.38. The number of benzene rings is 2. The van der Waals surface area contributed by atoms with E-state index in [0.29, 0.717) is 34.5 Å². The standard InChI is InChI=1S/C22H21N3O3/c26-19(14-25-11-8-24(9-12-25)10-13-25)23-18-7-3-6-17-20(18)22(28)16-5-2-1-4-15(16)21(17)27/h1-7H,8-14H2/p+1. The van der Waals surface area contributed by atoms with E-state index in [9.17, 15) is 14.4 Å². The first-order valence-corrected chi connectivity index (χ1v) is 9.75. The molecule has 6 nitrogen and oxygen atoms in total. The number of carbonyl (C=O) groups is 3. The minimum absolute atomic E-state index is 0.0946. The van der Waals surface area contributed by atoms with Gasteiger partial charge in [0.05, 0.1) is 30.9 Å². The molecule has 0 atom stereocenters. The minimum atomic E-state index is -0.209. The Kier molecular flexibility index (Phi) is 3.92. The van der Waals surface area contributed by atoms with E-state index in [-0.39, 0.29) is 17.5 Å². The molecule has 3 saturated heterocycles. The Labute approximate surface area is 163 Å². The van der Waals surface area contributed by atoms with Crippen LogP contribution in [0.15, 0.2) is 42.5 Å². The molecule has 0 radical (unpaired) electrons. The molecule has 0 unspecified atom stereocenters. The normalized spacial score (nSPS) is 25.2. The zero-order chi connectivity index (χ0) is 19.3. The average Bonchev–Trinajstić information content (AvgIpc) is 2.73. The van der Waals surface area contributed by atoms with Gasteiger partial charge in [0.15, 0.2) is 18.1 Å². The maximum Gasteiger partial charge on any atom is 0.279 e. The topological polar surface area (TPSA) is 66.5 Å². The van der Waals surface area contributed by atoms with Crippen LogP contribution in [0.3, 0.4) is 0 Å². The molecule has 0 saturated carbocycles. The van der Waals surface area contributed by atoms with E-state index in [4.69, 9.17) is 0 Å². The van der Waals surface area contributed by atoms with Gasteiger partial charge >= 0.3 is 0 Å². The van der Waals surface area contributed by atoms with Crippen LogP contribution in [-0.4, -0.2) is 72.7 Å². The van der Waals surface area contributed by atoms with E-state index in [1.807, 2.05) is 0 Å². The van der Waals surface area contributed by atoms with E-state index >= 15 is 0 Å². The molecule has 142 valence electrons. The lowest BCUT2D eigenvalue weighted by Gasteiger charge is -2.50. The molecule has 4 aliphatic rings. The second-order valence-corrected chi connectivity index (χ2v) is 7.99. The number of piperazine rings is 3. The first-order chi connectivity index (χ1) is 13.6. The highest BCUT2D eigenvalue weighted by molar-refractivity contribution is 6.30. The molecular weight excluding hydrogens is 354 g/mol. The van der Waals surface area contributed by atoms with Crippen molar-refractivity contribution in [3.63, 3.8) is 0 Å². The fourth-order valence-corrected chi connectivity index (χ4v) is 4.71. The van der Waals surface area contributed by atoms with E-state index in [1.54, 1.807) is 42.5 Å². The van der Waals surface area contributed by atoms with Gasteiger partial charge in [-0.25, -0.2) is 0 Å². The summed E-state index contributed by atoms with van der Waals surface area (Å²) in [6.45, 7) is 6.50. The molecule has 1 aliphatic carbocycles. The van der Waals surface area contributed by atoms with Crippen LogP contribution in [0.25, 0.3) is 0 Å². The van der Waals surface area contributed by atoms with Crippen LogP contribution in [0.2, 0.25) is 0 Å². The summed E-state index contributed by atoms with van der Waals surface area (Å²) in [5.41, 5.74) is 1.93. The quantitative estimate of drug-likeness (QED) is 0.705. The van der Waals surface area contributed by atoms with Crippen molar-refractivity contribution in [2.45, 2.75) is 0 Å².